The van der Waals surface area contributed by atoms with Crippen LogP contribution in [0.5, 0.6) is 0 Å². The fourth-order valence-electron chi connectivity index (χ4n) is 4.53. The molecule has 2 N–H and O–H groups in total. The third kappa shape index (κ3) is 4.23. The highest BCUT2D eigenvalue weighted by Gasteiger charge is 2.27. The van der Waals surface area contributed by atoms with E-state index >= 15 is 0 Å². The van der Waals surface area contributed by atoms with Crippen LogP contribution in [-0.2, 0) is 4.79 Å². The lowest BCUT2D eigenvalue weighted by Crippen LogP contribution is -2.41. The minimum atomic E-state index is -0.156. The van der Waals surface area contributed by atoms with E-state index in [-0.39, 0.29) is 11.8 Å². The summed E-state index contributed by atoms with van der Waals surface area (Å²) in [5.74, 6) is 2.55. The molecule has 1 aliphatic rings. The van der Waals surface area contributed by atoms with Gasteiger partial charge in [0.15, 0.2) is 11.6 Å². The van der Waals surface area contributed by atoms with Crippen molar-refractivity contribution in [3.05, 3.63) is 79.1 Å². The molecule has 9 heteroatoms. The smallest absolute Gasteiger partial charge is 0.231 e. The molecule has 1 aliphatic heterocycles. The summed E-state index contributed by atoms with van der Waals surface area (Å²) in [6.07, 6.45) is 5.37. The zero-order valence-electron chi connectivity index (χ0n) is 19.0. The molecule has 3 aromatic heterocycles. The lowest BCUT2D eigenvalue weighted by Gasteiger charge is -2.32. The van der Waals surface area contributed by atoms with E-state index in [0.29, 0.717) is 18.3 Å². The average Bonchev–Trinajstić information content (AvgIpc) is 3.56. The molecule has 0 aliphatic carbocycles. The quantitative estimate of drug-likeness (QED) is 0.406. The van der Waals surface area contributed by atoms with E-state index in [9.17, 15) is 4.79 Å². The topological polar surface area (TPSA) is 105 Å². The number of hydrogen-bond acceptors (Lipinski definition) is 6. The largest absolute Gasteiger partial charge is 0.354 e. The molecule has 1 atom stereocenters. The molecule has 0 saturated carbocycles. The van der Waals surface area contributed by atoms with Crippen LogP contribution < -0.4 is 10.2 Å². The Kier molecular flexibility index (Phi) is 5.42. The maximum atomic E-state index is 13.0. The molecule has 174 valence electrons. The Morgan fingerprint density at radius 2 is 1.77 bits per heavy atom. The van der Waals surface area contributed by atoms with Crippen LogP contribution >= 0.6 is 0 Å². The van der Waals surface area contributed by atoms with Crippen molar-refractivity contribution in [3.8, 4) is 17.2 Å². The van der Waals surface area contributed by atoms with Gasteiger partial charge in [-0.2, -0.15) is 0 Å². The number of H-pyrrole nitrogens is 1. The van der Waals surface area contributed by atoms with Crippen LogP contribution in [0.3, 0.4) is 0 Å². The second kappa shape index (κ2) is 9.02. The van der Waals surface area contributed by atoms with Crippen molar-refractivity contribution >= 4 is 28.7 Å². The predicted molar refractivity (Wildman–Crippen MR) is 134 cm³/mol. The Morgan fingerprint density at radius 1 is 0.971 bits per heavy atom. The molecule has 1 amide bonds. The molecule has 0 spiro atoms. The monoisotopic (exact) mass is 464 g/mol. The van der Waals surface area contributed by atoms with Crippen LogP contribution in [0.1, 0.15) is 12.8 Å². The number of amides is 1. The molecule has 0 radical (unpaired) electrons. The van der Waals surface area contributed by atoms with E-state index in [1.54, 1.807) is 6.20 Å². The Hall–Kier alpha value is -4.53. The first-order valence-corrected chi connectivity index (χ1v) is 11.7. The lowest BCUT2D eigenvalue weighted by molar-refractivity contribution is -0.120. The maximum Gasteiger partial charge on any atom is 0.231 e. The van der Waals surface area contributed by atoms with Gasteiger partial charge in [-0.3, -0.25) is 14.7 Å². The Balaban J connectivity index is 1.15. The van der Waals surface area contributed by atoms with Gasteiger partial charge in [0.25, 0.3) is 0 Å². The van der Waals surface area contributed by atoms with Crippen molar-refractivity contribution in [1.29, 1.82) is 0 Å². The summed E-state index contributed by atoms with van der Waals surface area (Å²) in [6, 6.07) is 21.6. The minimum Gasteiger partial charge on any atom is -0.354 e. The van der Waals surface area contributed by atoms with Gasteiger partial charge in [0.05, 0.1) is 17.0 Å². The fraction of sp³-hybridized carbons (Fsp3) is 0.192. The minimum absolute atomic E-state index is 0.0377. The van der Waals surface area contributed by atoms with Gasteiger partial charge in [0.1, 0.15) is 5.82 Å². The Labute approximate surface area is 201 Å². The molecule has 2 aromatic carbocycles. The first-order chi connectivity index (χ1) is 17.2. The highest BCUT2D eigenvalue weighted by Crippen LogP contribution is 2.25. The number of piperidine rings is 1. The Bertz CT molecular complexity index is 1420. The number of rotatable bonds is 5. The van der Waals surface area contributed by atoms with Gasteiger partial charge in [-0.1, -0.05) is 42.5 Å². The normalized spacial score (nSPS) is 15.9. The van der Waals surface area contributed by atoms with Crippen molar-refractivity contribution in [2.24, 2.45) is 5.92 Å². The van der Waals surface area contributed by atoms with E-state index in [1.165, 1.54) is 0 Å². The number of imidazole rings is 2. The van der Waals surface area contributed by atoms with Crippen molar-refractivity contribution in [2.45, 2.75) is 12.8 Å². The molecule has 4 heterocycles. The maximum absolute atomic E-state index is 13.0. The molecule has 1 unspecified atom stereocenters. The number of aromatic nitrogens is 6. The number of anilines is 2. The van der Waals surface area contributed by atoms with E-state index in [1.807, 2.05) is 77.5 Å². The molecule has 1 fully saturated rings. The zero-order valence-corrected chi connectivity index (χ0v) is 19.0. The number of para-hydroxylation sites is 2. The first-order valence-electron chi connectivity index (χ1n) is 11.7. The van der Waals surface area contributed by atoms with Gasteiger partial charge in [0, 0.05) is 31.0 Å². The number of nitrogens with one attached hydrogen (secondary N) is 2. The van der Waals surface area contributed by atoms with Crippen LogP contribution in [0.4, 0.5) is 11.8 Å². The third-order valence-electron chi connectivity index (χ3n) is 6.30. The van der Waals surface area contributed by atoms with E-state index in [4.69, 9.17) is 0 Å². The number of carbonyl (C=O) groups excluding carboxylic acids is 1. The number of fused-ring (bicyclic) bond motifs is 1. The second-order valence-corrected chi connectivity index (χ2v) is 8.61. The van der Waals surface area contributed by atoms with Crippen LogP contribution in [0.15, 0.2) is 79.1 Å². The Morgan fingerprint density at radius 3 is 2.60 bits per heavy atom. The summed E-state index contributed by atoms with van der Waals surface area (Å²) in [6.45, 7) is 1.42. The summed E-state index contributed by atoms with van der Waals surface area (Å²) in [5.41, 5.74) is 2.74. The zero-order chi connectivity index (χ0) is 23.6. The predicted octanol–water partition coefficient (Wildman–Crippen LogP) is 4.06. The van der Waals surface area contributed by atoms with Crippen LogP contribution in [0.2, 0.25) is 0 Å². The summed E-state index contributed by atoms with van der Waals surface area (Å²) in [7, 11) is 0. The third-order valence-corrected chi connectivity index (χ3v) is 6.30. The van der Waals surface area contributed by atoms with Gasteiger partial charge < -0.3 is 9.88 Å². The number of hydrogen-bond donors (Lipinski definition) is 2. The SMILES string of the molecule is O=C(Nc1nc2ccccc2[nH]1)C1CCCN(c2ccc(-n3ccnc3-c3ccccc3)nn2)C1. The number of benzene rings is 2. The van der Waals surface area contributed by atoms with Crippen LogP contribution in [0, 0.1) is 5.92 Å². The van der Waals surface area contributed by atoms with Gasteiger partial charge in [-0.25, -0.2) is 9.97 Å². The highest BCUT2D eigenvalue weighted by atomic mass is 16.2. The first kappa shape index (κ1) is 21.0. The van der Waals surface area contributed by atoms with Crippen molar-refractivity contribution in [2.75, 3.05) is 23.3 Å². The van der Waals surface area contributed by atoms with Crippen LogP contribution in [0.25, 0.3) is 28.2 Å². The van der Waals surface area contributed by atoms with Gasteiger partial charge >= 0.3 is 0 Å². The van der Waals surface area contributed by atoms with Crippen molar-refractivity contribution in [1.82, 2.24) is 29.7 Å². The second-order valence-electron chi connectivity index (χ2n) is 8.61. The molecule has 6 rings (SSSR count). The molecular formula is C26H24N8O. The number of aromatic amines is 1. The molecule has 9 nitrogen and oxygen atoms in total. The number of nitrogens with zero attached hydrogens (tertiary/aromatic N) is 6. The molecule has 35 heavy (non-hydrogen) atoms. The van der Waals surface area contributed by atoms with E-state index in [0.717, 1.165) is 47.6 Å². The highest BCUT2D eigenvalue weighted by molar-refractivity contribution is 5.93. The van der Waals surface area contributed by atoms with Gasteiger partial charge in [-0.05, 0) is 37.1 Å². The summed E-state index contributed by atoms with van der Waals surface area (Å²) in [4.78, 5) is 27.2. The van der Waals surface area contributed by atoms with E-state index in [2.05, 4.69) is 35.4 Å². The van der Waals surface area contributed by atoms with Gasteiger partial charge in [0.2, 0.25) is 11.9 Å². The molecule has 1 saturated heterocycles. The average molecular weight is 465 g/mol. The molecule has 5 aromatic rings. The fourth-order valence-corrected chi connectivity index (χ4v) is 4.53. The summed E-state index contributed by atoms with van der Waals surface area (Å²) < 4.78 is 1.92. The number of carbonyl (C=O) groups is 1. The van der Waals surface area contributed by atoms with Crippen molar-refractivity contribution in [3.63, 3.8) is 0 Å². The van der Waals surface area contributed by atoms with Crippen molar-refractivity contribution < 1.29 is 4.79 Å². The molecular weight excluding hydrogens is 440 g/mol. The summed E-state index contributed by atoms with van der Waals surface area (Å²) >= 11 is 0. The standard InChI is InChI=1S/C26H24N8O/c35-25(30-26-28-20-10-4-5-11-21(20)29-26)19-9-6-15-33(17-19)22-12-13-23(32-31-22)34-16-14-27-24(34)18-7-2-1-3-8-18/h1-5,7-8,10-14,16,19H,6,9,15,17H2,(H2,28,29,30,35). The lowest BCUT2D eigenvalue weighted by atomic mass is 9.97. The summed E-state index contributed by atoms with van der Waals surface area (Å²) in [5, 5.41) is 11.9. The molecule has 0 bridgehead atoms. The van der Waals surface area contributed by atoms with Crippen LogP contribution in [-0.4, -0.2) is 48.7 Å². The van der Waals surface area contributed by atoms with Gasteiger partial charge in [-0.15, -0.1) is 10.2 Å². The van der Waals surface area contributed by atoms with E-state index < -0.39 is 0 Å².